The van der Waals surface area contributed by atoms with E-state index in [0.717, 1.165) is 18.7 Å². The van der Waals surface area contributed by atoms with E-state index in [1.165, 1.54) is 11.8 Å². The minimum atomic E-state index is 0.143. The van der Waals surface area contributed by atoms with Gasteiger partial charge < -0.3 is 4.90 Å². The fourth-order valence-corrected chi connectivity index (χ4v) is 2.50. The zero-order valence-corrected chi connectivity index (χ0v) is 10.5. The Balaban J connectivity index is 2.41. The SMILES string of the molecule is CCC(C)N1CC(CSC(C)=O)CC1=O. The number of nitrogens with zero attached hydrogens (tertiary/aromatic N) is 1. The molecule has 3 nitrogen and oxygen atoms in total. The molecule has 1 rings (SSSR count). The quantitative estimate of drug-likeness (QED) is 0.739. The zero-order chi connectivity index (χ0) is 11.4. The van der Waals surface area contributed by atoms with Crippen LogP contribution in [0.3, 0.4) is 0 Å². The molecule has 0 N–H and O–H groups in total. The number of likely N-dealkylation sites (tertiary alicyclic amines) is 1. The van der Waals surface area contributed by atoms with Crippen LogP contribution < -0.4 is 0 Å². The van der Waals surface area contributed by atoms with Crippen LogP contribution in [0.15, 0.2) is 0 Å². The summed E-state index contributed by atoms with van der Waals surface area (Å²) in [7, 11) is 0. The Morgan fingerprint density at radius 1 is 1.67 bits per heavy atom. The van der Waals surface area contributed by atoms with Gasteiger partial charge in [0.2, 0.25) is 5.91 Å². The molecule has 1 aliphatic heterocycles. The van der Waals surface area contributed by atoms with Crippen LogP contribution in [0.2, 0.25) is 0 Å². The van der Waals surface area contributed by atoms with Gasteiger partial charge in [-0.3, -0.25) is 9.59 Å². The summed E-state index contributed by atoms with van der Waals surface area (Å²) in [6.07, 6.45) is 1.61. The van der Waals surface area contributed by atoms with E-state index in [1.807, 2.05) is 4.90 Å². The summed E-state index contributed by atoms with van der Waals surface area (Å²) in [4.78, 5) is 24.4. The highest BCUT2D eigenvalue weighted by Gasteiger charge is 2.31. The van der Waals surface area contributed by atoms with E-state index in [1.54, 1.807) is 6.92 Å². The number of hydrogen-bond acceptors (Lipinski definition) is 3. The molecule has 1 saturated heterocycles. The number of thioether (sulfide) groups is 1. The summed E-state index contributed by atoms with van der Waals surface area (Å²) in [6, 6.07) is 0.338. The Bertz CT molecular complexity index is 255. The van der Waals surface area contributed by atoms with Crippen molar-refractivity contribution in [2.75, 3.05) is 12.3 Å². The molecule has 4 heteroatoms. The Kier molecular flexibility index (Phi) is 4.64. The molecule has 15 heavy (non-hydrogen) atoms. The molecule has 1 heterocycles. The zero-order valence-electron chi connectivity index (χ0n) is 9.66. The predicted octanol–water partition coefficient (Wildman–Crippen LogP) is 1.91. The average Bonchev–Trinajstić information content (AvgIpc) is 2.55. The summed E-state index contributed by atoms with van der Waals surface area (Å²) in [5, 5.41) is 0.143. The lowest BCUT2D eigenvalue weighted by atomic mass is 10.1. The van der Waals surface area contributed by atoms with Crippen molar-refractivity contribution in [3.05, 3.63) is 0 Å². The van der Waals surface area contributed by atoms with Crippen LogP contribution >= 0.6 is 11.8 Å². The number of carbonyl (C=O) groups is 2. The van der Waals surface area contributed by atoms with Crippen LogP contribution in [0, 0.1) is 5.92 Å². The molecule has 0 radical (unpaired) electrons. The molecule has 0 aromatic rings. The highest BCUT2D eigenvalue weighted by Crippen LogP contribution is 2.24. The lowest BCUT2D eigenvalue weighted by molar-refractivity contribution is -0.129. The summed E-state index contributed by atoms with van der Waals surface area (Å²) >= 11 is 1.33. The van der Waals surface area contributed by atoms with Crippen molar-refractivity contribution in [1.29, 1.82) is 0 Å². The van der Waals surface area contributed by atoms with Crippen molar-refractivity contribution in [2.24, 2.45) is 5.92 Å². The Labute approximate surface area is 95.6 Å². The Hall–Kier alpha value is -0.510. The van der Waals surface area contributed by atoms with Crippen LogP contribution in [0.4, 0.5) is 0 Å². The molecule has 0 saturated carbocycles. The van der Waals surface area contributed by atoms with Gasteiger partial charge in [0, 0.05) is 31.7 Å². The first-order valence-electron chi connectivity index (χ1n) is 5.47. The third-order valence-corrected chi connectivity index (χ3v) is 3.93. The highest BCUT2D eigenvalue weighted by atomic mass is 32.2. The van der Waals surface area contributed by atoms with Gasteiger partial charge in [0.15, 0.2) is 5.12 Å². The van der Waals surface area contributed by atoms with Gasteiger partial charge in [0.1, 0.15) is 0 Å². The standard InChI is InChI=1S/C11H19NO2S/c1-4-8(2)12-6-10(5-11(12)14)7-15-9(3)13/h8,10H,4-7H2,1-3H3. The first-order chi connectivity index (χ1) is 7.04. The van der Waals surface area contributed by atoms with E-state index in [4.69, 9.17) is 0 Å². The molecule has 0 spiro atoms. The number of amides is 1. The van der Waals surface area contributed by atoms with E-state index in [2.05, 4.69) is 13.8 Å². The summed E-state index contributed by atoms with van der Waals surface area (Å²) in [5.74, 6) is 1.40. The van der Waals surface area contributed by atoms with Crippen molar-refractivity contribution in [2.45, 2.75) is 39.7 Å². The average molecular weight is 229 g/mol. The Morgan fingerprint density at radius 2 is 2.33 bits per heavy atom. The lowest BCUT2D eigenvalue weighted by Crippen LogP contribution is -2.34. The third kappa shape index (κ3) is 3.52. The maximum absolute atomic E-state index is 11.7. The molecular weight excluding hydrogens is 210 g/mol. The maximum atomic E-state index is 11.7. The van der Waals surface area contributed by atoms with Gasteiger partial charge >= 0.3 is 0 Å². The number of rotatable bonds is 4. The lowest BCUT2D eigenvalue weighted by Gasteiger charge is -2.23. The second-order valence-corrected chi connectivity index (χ2v) is 5.37. The molecule has 1 fully saturated rings. The van der Waals surface area contributed by atoms with E-state index in [-0.39, 0.29) is 11.0 Å². The summed E-state index contributed by atoms with van der Waals surface area (Å²) < 4.78 is 0. The second kappa shape index (κ2) is 5.54. The van der Waals surface area contributed by atoms with Gasteiger partial charge in [-0.15, -0.1) is 0 Å². The van der Waals surface area contributed by atoms with Gasteiger partial charge in [0.05, 0.1) is 0 Å². The molecule has 1 amide bonds. The van der Waals surface area contributed by atoms with Crippen LogP contribution in [-0.2, 0) is 9.59 Å². The minimum Gasteiger partial charge on any atom is -0.340 e. The molecule has 0 aromatic carbocycles. The van der Waals surface area contributed by atoms with Crippen molar-refractivity contribution in [3.8, 4) is 0 Å². The van der Waals surface area contributed by atoms with Gasteiger partial charge in [-0.05, 0) is 19.3 Å². The van der Waals surface area contributed by atoms with Crippen molar-refractivity contribution in [3.63, 3.8) is 0 Å². The molecule has 0 aliphatic carbocycles. The minimum absolute atomic E-state index is 0.143. The highest BCUT2D eigenvalue weighted by molar-refractivity contribution is 8.13. The normalized spacial score (nSPS) is 23.3. The second-order valence-electron chi connectivity index (χ2n) is 4.18. The first-order valence-corrected chi connectivity index (χ1v) is 6.46. The number of hydrogen-bond donors (Lipinski definition) is 0. The van der Waals surface area contributed by atoms with Crippen molar-refractivity contribution < 1.29 is 9.59 Å². The van der Waals surface area contributed by atoms with Crippen molar-refractivity contribution in [1.82, 2.24) is 4.90 Å². The van der Waals surface area contributed by atoms with Crippen LogP contribution in [-0.4, -0.2) is 34.3 Å². The summed E-state index contributed by atoms with van der Waals surface area (Å²) in [5.41, 5.74) is 0. The third-order valence-electron chi connectivity index (χ3n) is 2.88. The smallest absolute Gasteiger partial charge is 0.223 e. The molecule has 0 aromatic heterocycles. The molecule has 0 bridgehead atoms. The molecule has 1 aliphatic rings. The largest absolute Gasteiger partial charge is 0.340 e. The van der Waals surface area contributed by atoms with E-state index >= 15 is 0 Å². The monoisotopic (exact) mass is 229 g/mol. The Morgan fingerprint density at radius 3 is 2.87 bits per heavy atom. The fourth-order valence-electron chi connectivity index (χ4n) is 1.80. The maximum Gasteiger partial charge on any atom is 0.223 e. The van der Waals surface area contributed by atoms with Crippen LogP contribution in [0.5, 0.6) is 0 Å². The number of carbonyl (C=O) groups excluding carboxylic acids is 2. The fraction of sp³-hybridized carbons (Fsp3) is 0.818. The van der Waals surface area contributed by atoms with Crippen molar-refractivity contribution >= 4 is 22.8 Å². The van der Waals surface area contributed by atoms with Gasteiger partial charge in [-0.2, -0.15) is 0 Å². The van der Waals surface area contributed by atoms with Gasteiger partial charge in [-0.25, -0.2) is 0 Å². The molecule has 2 atom stereocenters. The first kappa shape index (κ1) is 12.6. The summed E-state index contributed by atoms with van der Waals surface area (Å²) in [6.45, 7) is 6.58. The van der Waals surface area contributed by atoms with Gasteiger partial charge in [0.25, 0.3) is 0 Å². The van der Waals surface area contributed by atoms with E-state index in [0.29, 0.717) is 18.4 Å². The van der Waals surface area contributed by atoms with E-state index < -0.39 is 0 Å². The van der Waals surface area contributed by atoms with Gasteiger partial charge in [-0.1, -0.05) is 18.7 Å². The predicted molar refractivity (Wildman–Crippen MR) is 62.7 cm³/mol. The van der Waals surface area contributed by atoms with E-state index in [9.17, 15) is 9.59 Å². The molecule has 86 valence electrons. The topological polar surface area (TPSA) is 37.4 Å². The van der Waals surface area contributed by atoms with Crippen LogP contribution in [0.1, 0.15) is 33.6 Å². The van der Waals surface area contributed by atoms with Crippen LogP contribution in [0.25, 0.3) is 0 Å². The molecular formula is C11H19NO2S. The molecule has 2 unspecified atom stereocenters.